The van der Waals surface area contributed by atoms with E-state index in [2.05, 4.69) is 15.5 Å². The lowest BCUT2D eigenvalue weighted by atomic mass is 10.0. The zero-order valence-electron chi connectivity index (χ0n) is 14.0. The predicted octanol–water partition coefficient (Wildman–Crippen LogP) is 2.42. The Morgan fingerprint density at radius 3 is 2.84 bits per heavy atom. The van der Waals surface area contributed by atoms with Crippen LogP contribution in [-0.2, 0) is 20.1 Å². The Kier molecular flexibility index (Phi) is 4.23. The Labute approximate surface area is 145 Å². The highest BCUT2D eigenvalue weighted by atomic mass is 19.1. The first kappa shape index (κ1) is 15.8. The van der Waals surface area contributed by atoms with Gasteiger partial charge in [-0.15, -0.1) is 0 Å². The molecular formula is C18H20FN5O. The molecule has 1 aromatic carbocycles. The molecule has 130 valence electrons. The Hall–Kier alpha value is -2.67. The largest absolute Gasteiger partial charge is 0.478 e. The molecule has 1 aliphatic rings. The van der Waals surface area contributed by atoms with E-state index in [4.69, 9.17) is 4.74 Å². The minimum atomic E-state index is -0.243. The fraction of sp³-hybridized carbons (Fsp3) is 0.333. The summed E-state index contributed by atoms with van der Waals surface area (Å²) in [6.45, 7) is 2.21. The smallest absolute Gasteiger partial charge is 0.212 e. The van der Waals surface area contributed by atoms with Crippen molar-refractivity contribution in [3.05, 3.63) is 65.4 Å². The van der Waals surface area contributed by atoms with Gasteiger partial charge in [0.15, 0.2) is 0 Å². The lowest BCUT2D eigenvalue weighted by Gasteiger charge is -2.17. The zero-order valence-corrected chi connectivity index (χ0v) is 14.0. The van der Waals surface area contributed by atoms with Crippen molar-refractivity contribution in [3.8, 4) is 5.88 Å². The lowest BCUT2D eigenvalue weighted by molar-refractivity contribution is 0.230. The summed E-state index contributed by atoms with van der Waals surface area (Å²) in [5.74, 6) is 0.579. The fourth-order valence-corrected chi connectivity index (χ4v) is 3.08. The molecule has 1 atom stereocenters. The highest BCUT2D eigenvalue weighted by molar-refractivity contribution is 5.29. The van der Waals surface area contributed by atoms with Crippen LogP contribution in [0, 0.1) is 5.82 Å². The zero-order chi connectivity index (χ0) is 17.2. The summed E-state index contributed by atoms with van der Waals surface area (Å²) in [5, 5.41) is 12.3. The van der Waals surface area contributed by atoms with Crippen LogP contribution in [0.25, 0.3) is 0 Å². The summed E-state index contributed by atoms with van der Waals surface area (Å²) >= 11 is 0. The maximum atomic E-state index is 13.3. The highest BCUT2D eigenvalue weighted by Crippen LogP contribution is 2.24. The second-order valence-electron chi connectivity index (χ2n) is 6.21. The standard InChI is InChI=1S/C18H20FN5O/c1-23-12-14(10-21-23)18(13-3-5-15(19)6-4-13)20-11-16-9-17-24(22-16)7-2-8-25-17/h3-6,9-10,12,18,20H,2,7-8,11H2,1H3. The van der Waals surface area contributed by atoms with Gasteiger partial charge in [0.1, 0.15) is 5.82 Å². The summed E-state index contributed by atoms with van der Waals surface area (Å²) < 4.78 is 22.6. The van der Waals surface area contributed by atoms with Crippen LogP contribution in [0.3, 0.4) is 0 Å². The molecule has 2 aromatic heterocycles. The number of aromatic nitrogens is 4. The molecule has 0 saturated carbocycles. The second-order valence-corrected chi connectivity index (χ2v) is 6.21. The molecule has 0 radical (unpaired) electrons. The number of fused-ring (bicyclic) bond motifs is 1. The molecular weight excluding hydrogens is 321 g/mol. The molecule has 0 saturated heterocycles. The molecule has 1 aliphatic heterocycles. The summed E-state index contributed by atoms with van der Waals surface area (Å²) in [6, 6.07) is 8.42. The van der Waals surface area contributed by atoms with Crippen LogP contribution in [0.1, 0.15) is 29.3 Å². The lowest BCUT2D eigenvalue weighted by Crippen LogP contribution is -2.22. The van der Waals surface area contributed by atoms with Crippen molar-refractivity contribution in [2.24, 2.45) is 7.05 Å². The topological polar surface area (TPSA) is 56.9 Å². The fourth-order valence-electron chi connectivity index (χ4n) is 3.08. The summed E-state index contributed by atoms with van der Waals surface area (Å²) in [5.41, 5.74) is 2.93. The van der Waals surface area contributed by atoms with Crippen molar-refractivity contribution in [2.75, 3.05) is 6.61 Å². The number of rotatable bonds is 5. The van der Waals surface area contributed by atoms with Crippen molar-refractivity contribution in [1.82, 2.24) is 24.9 Å². The Morgan fingerprint density at radius 1 is 1.28 bits per heavy atom. The Morgan fingerprint density at radius 2 is 2.12 bits per heavy atom. The molecule has 7 heteroatoms. The first-order valence-electron chi connectivity index (χ1n) is 8.36. The average Bonchev–Trinajstić information content (AvgIpc) is 3.22. The molecule has 0 spiro atoms. The van der Waals surface area contributed by atoms with Gasteiger partial charge in [-0.3, -0.25) is 4.68 Å². The first-order chi connectivity index (χ1) is 12.2. The van der Waals surface area contributed by atoms with Gasteiger partial charge >= 0.3 is 0 Å². The van der Waals surface area contributed by atoms with Gasteiger partial charge in [-0.2, -0.15) is 10.2 Å². The minimum absolute atomic E-state index is 0.0889. The van der Waals surface area contributed by atoms with E-state index in [1.165, 1.54) is 12.1 Å². The van der Waals surface area contributed by atoms with Gasteiger partial charge < -0.3 is 10.1 Å². The summed E-state index contributed by atoms with van der Waals surface area (Å²) in [6.07, 6.45) is 4.76. The normalized spacial score (nSPS) is 14.8. The molecule has 0 aliphatic carbocycles. The van der Waals surface area contributed by atoms with Crippen molar-refractivity contribution >= 4 is 0 Å². The van der Waals surface area contributed by atoms with E-state index >= 15 is 0 Å². The number of nitrogens with zero attached hydrogens (tertiary/aromatic N) is 4. The molecule has 25 heavy (non-hydrogen) atoms. The van der Waals surface area contributed by atoms with E-state index in [0.717, 1.165) is 42.3 Å². The Bertz CT molecular complexity index is 831. The van der Waals surface area contributed by atoms with E-state index in [-0.39, 0.29) is 11.9 Å². The van der Waals surface area contributed by atoms with Crippen LogP contribution in [0.4, 0.5) is 4.39 Å². The third kappa shape index (κ3) is 3.41. The molecule has 6 nitrogen and oxygen atoms in total. The molecule has 0 fully saturated rings. The number of aryl methyl sites for hydroxylation is 2. The van der Waals surface area contributed by atoms with E-state index in [1.54, 1.807) is 16.8 Å². The number of benzene rings is 1. The molecule has 3 aromatic rings. The molecule has 0 bridgehead atoms. The van der Waals surface area contributed by atoms with Crippen molar-refractivity contribution in [1.29, 1.82) is 0 Å². The number of nitrogens with one attached hydrogen (secondary N) is 1. The van der Waals surface area contributed by atoms with Gasteiger partial charge in [0.2, 0.25) is 5.88 Å². The first-order valence-corrected chi connectivity index (χ1v) is 8.36. The quantitative estimate of drug-likeness (QED) is 0.774. The number of hydrogen-bond donors (Lipinski definition) is 1. The van der Waals surface area contributed by atoms with Crippen LogP contribution >= 0.6 is 0 Å². The molecule has 3 heterocycles. The second kappa shape index (κ2) is 6.68. The molecule has 1 N–H and O–H groups in total. The maximum absolute atomic E-state index is 13.3. The van der Waals surface area contributed by atoms with Gasteiger partial charge in [0.05, 0.1) is 24.5 Å². The van der Waals surface area contributed by atoms with Crippen LogP contribution in [-0.4, -0.2) is 26.2 Å². The predicted molar refractivity (Wildman–Crippen MR) is 90.6 cm³/mol. The third-order valence-corrected chi connectivity index (χ3v) is 4.31. The van der Waals surface area contributed by atoms with Gasteiger partial charge in [-0.1, -0.05) is 12.1 Å². The molecule has 1 unspecified atom stereocenters. The maximum Gasteiger partial charge on any atom is 0.212 e. The summed E-state index contributed by atoms with van der Waals surface area (Å²) in [4.78, 5) is 0. The van der Waals surface area contributed by atoms with Gasteiger partial charge in [-0.25, -0.2) is 9.07 Å². The van der Waals surface area contributed by atoms with E-state index < -0.39 is 0 Å². The van der Waals surface area contributed by atoms with Crippen LogP contribution < -0.4 is 10.1 Å². The van der Waals surface area contributed by atoms with Gasteiger partial charge in [0.25, 0.3) is 0 Å². The van der Waals surface area contributed by atoms with E-state index in [0.29, 0.717) is 6.54 Å². The number of halogens is 1. The van der Waals surface area contributed by atoms with E-state index in [1.807, 2.05) is 30.2 Å². The number of hydrogen-bond acceptors (Lipinski definition) is 4. The van der Waals surface area contributed by atoms with Crippen LogP contribution in [0.5, 0.6) is 5.88 Å². The third-order valence-electron chi connectivity index (χ3n) is 4.31. The van der Waals surface area contributed by atoms with Crippen molar-refractivity contribution in [3.63, 3.8) is 0 Å². The van der Waals surface area contributed by atoms with Crippen molar-refractivity contribution in [2.45, 2.75) is 25.6 Å². The molecule has 4 rings (SSSR count). The SMILES string of the molecule is Cn1cc(C(NCc2cc3n(n2)CCCO3)c2ccc(F)cc2)cn1. The number of ether oxygens (including phenoxy) is 1. The Balaban J connectivity index is 1.56. The monoisotopic (exact) mass is 341 g/mol. The van der Waals surface area contributed by atoms with Crippen LogP contribution in [0.2, 0.25) is 0 Å². The van der Waals surface area contributed by atoms with Crippen LogP contribution in [0.15, 0.2) is 42.7 Å². The van der Waals surface area contributed by atoms with Gasteiger partial charge in [-0.05, 0) is 17.7 Å². The van der Waals surface area contributed by atoms with E-state index in [9.17, 15) is 4.39 Å². The van der Waals surface area contributed by atoms with Crippen molar-refractivity contribution < 1.29 is 9.13 Å². The van der Waals surface area contributed by atoms with Gasteiger partial charge in [0, 0.05) is 44.4 Å². The average molecular weight is 341 g/mol. The summed E-state index contributed by atoms with van der Waals surface area (Å²) in [7, 11) is 1.88. The highest BCUT2D eigenvalue weighted by Gasteiger charge is 2.18. The minimum Gasteiger partial charge on any atom is -0.478 e. The molecule has 0 amide bonds.